The van der Waals surface area contributed by atoms with Crippen LogP contribution in [-0.2, 0) is 10.3 Å². The number of amides is 3. The van der Waals surface area contributed by atoms with Crippen LogP contribution in [0.3, 0.4) is 0 Å². The van der Waals surface area contributed by atoms with E-state index in [2.05, 4.69) is 5.32 Å². The smallest absolute Gasteiger partial charge is 0.319 e. The van der Waals surface area contributed by atoms with E-state index in [4.69, 9.17) is 0 Å². The predicted molar refractivity (Wildman–Crippen MR) is 94.3 cm³/mol. The first-order chi connectivity index (χ1) is 11.8. The van der Waals surface area contributed by atoms with Gasteiger partial charge in [0.25, 0.3) is 5.91 Å². The van der Waals surface area contributed by atoms with Crippen LogP contribution in [0.5, 0.6) is 0 Å². The van der Waals surface area contributed by atoms with E-state index in [0.717, 1.165) is 16.0 Å². The molecule has 1 unspecified atom stereocenters. The van der Waals surface area contributed by atoms with Gasteiger partial charge >= 0.3 is 6.03 Å². The molecule has 1 N–H and O–H groups in total. The number of aryl methyl sites for hydroxylation is 2. The Labute approximate surface area is 146 Å². The Bertz CT molecular complexity index is 840. The second kappa shape index (κ2) is 6.16. The maximum atomic E-state index is 12.8. The van der Waals surface area contributed by atoms with Gasteiger partial charge in [0.05, 0.1) is 6.54 Å². The quantitative estimate of drug-likeness (QED) is 0.689. The van der Waals surface area contributed by atoms with Gasteiger partial charge in [-0.15, -0.1) is 0 Å². The molecule has 2 aromatic carbocycles. The van der Waals surface area contributed by atoms with Gasteiger partial charge in [0.15, 0.2) is 5.78 Å². The number of ketones is 1. The summed E-state index contributed by atoms with van der Waals surface area (Å²) < 4.78 is 0. The number of imide groups is 1. The molecule has 1 aliphatic rings. The van der Waals surface area contributed by atoms with E-state index in [1.807, 2.05) is 50.2 Å². The molecule has 5 nitrogen and oxygen atoms in total. The monoisotopic (exact) mass is 336 g/mol. The Kier molecular flexibility index (Phi) is 4.17. The van der Waals surface area contributed by atoms with E-state index in [-0.39, 0.29) is 12.3 Å². The summed E-state index contributed by atoms with van der Waals surface area (Å²) in [6, 6.07) is 13.9. The molecule has 0 saturated carbocycles. The topological polar surface area (TPSA) is 66.5 Å². The number of carbonyl (C=O) groups excluding carboxylic acids is 3. The molecule has 3 amide bonds. The van der Waals surface area contributed by atoms with Crippen LogP contribution in [0.1, 0.15) is 34.0 Å². The van der Waals surface area contributed by atoms with Gasteiger partial charge < -0.3 is 5.32 Å². The minimum Gasteiger partial charge on any atom is -0.319 e. The van der Waals surface area contributed by atoms with Crippen molar-refractivity contribution < 1.29 is 14.4 Å². The lowest BCUT2D eigenvalue weighted by Crippen LogP contribution is -2.41. The number of nitrogens with one attached hydrogen (secondary N) is 1. The molecule has 1 heterocycles. The van der Waals surface area contributed by atoms with Crippen molar-refractivity contribution in [1.29, 1.82) is 0 Å². The van der Waals surface area contributed by atoms with Gasteiger partial charge in [0.1, 0.15) is 5.54 Å². The SMILES string of the molecule is Cc1ccc(C(=O)CN2C(=O)NC(C)(c3ccc(C)cc3)C2=O)cc1. The van der Waals surface area contributed by atoms with Crippen LogP contribution in [0.4, 0.5) is 4.79 Å². The van der Waals surface area contributed by atoms with Gasteiger partial charge in [-0.05, 0) is 26.3 Å². The third-order valence-corrected chi connectivity index (χ3v) is 4.58. The van der Waals surface area contributed by atoms with Gasteiger partial charge in [-0.25, -0.2) is 4.79 Å². The predicted octanol–water partition coefficient (Wildman–Crippen LogP) is 2.95. The van der Waals surface area contributed by atoms with Gasteiger partial charge in [-0.2, -0.15) is 0 Å². The fourth-order valence-corrected chi connectivity index (χ4v) is 2.90. The van der Waals surface area contributed by atoms with Crippen molar-refractivity contribution in [2.24, 2.45) is 0 Å². The van der Waals surface area contributed by atoms with Gasteiger partial charge in [0.2, 0.25) is 0 Å². The van der Waals surface area contributed by atoms with Crippen molar-refractivity contribution in [2.45, 2.75) is 26.3 Å². The summed E-state index contributed by atoms with van der Waals surface area (Å²) in [5, 5.41) is 2.72. The van der Waals surface area contributed by atoms with Crippen LogP contribution in [-0.4, -0.2) is 29.2 Å². The Morgan fingerprint density at radius 3 is 2.04 bits per heavy atom. The van der Waals surface area contributed by atoms with Crippen molar-refractivity contribution >= 4 is 17.7 Å². The van der Waals surface area contributed by atoms with Crippen molar-refractivity contribution in [3.8, 4) is 0 Å². The van der Waals surface area contributed by atoms with Gasteiger partial charge in [-0.3, -0.25) is 14.5 Å². The molecule has 0 bridgehead atoms. The van der Waals surface area contributed by atoms with Crippen molar-refractivity contribution in [3.63, 3.8) is 0 Å². The van der Waals surface area contributed by atoms with E-state index in [0.29, 0.717) is 11.1 Å². The minimum atomic E-state index is -1.15. The summed E-state index contributed by atoms with van der Waals surface area (Å²) in [5.74, 6) is -0.682. The summed E-state index contributed by atoms with van der Waals surface area (Å²) in [6.07, 6.45) is 0. The van der Waals surface area contributed by atoms with Crippen LogP contribution in [0.2, 0.25) is 0 Å². The first-order valence-electron chi connectivity index (χ1n) is 8.12. The number of carbonyl (C=O) groups is 3. The molecule has 128 valence electrons. The Morgan fingerprint density at radius 2 is 1.48 bits per heavy atom. The zero-order valence-electron chi connectivity index (χ0n) is 14.5. The van der Waals surface area contributed by atoms with E-state index in [1.54, 1.807) is 19.1 Å². The first-order valence-corrected chi connectivity index (χ1v) is 8.12. The lowest BCUT2D eigenvalue weighted by atomic mass is 9.91. The highest BCUT2D eigenvalue weighted by Gasteiger charge is 2.49. The van der Waals surface area contributed by atoms with Gasteiger partial charge in [-0.1, -0.05) is 59.7 Å². The van der Waals surface area contributed by atoms with Crippen LogP contribution in [0.15, 0.2) is 48.5 Å². The Balaban J connectivity index is 1.82. The Morgan fingerprint density at radius 1 is 0.960 bits per heavy atom. The summed E-state index contributed by atoms with van der Waals surface area (Å²) in [4.78, 5) is 38.5. The van der Waals surface area contributed by atoms with Gasteiger partial charge in [0, 0.05) is 5.56 Å². The van der Waals surface area contributed by atoms with Crippen molar-refractivity contribution in [1.82, 2.24) is 10.2 Å². The molecular formula is C20H20N2O3. The summed E-state index contributed by atoms with van der Waals surface area (Å²) in [7, 11) is 0. The number of hydrogen-bond acceptors (Lipinski definition) is 3. The van der Waals surface area contributed by atoms with E-state index in [1.165, 1.54) is 0 Å². The third-order valence-electron chi connectivity index (χ3n) is 4.58. The number of rotatable bonds is 4. The molecule has 1 saturated heterocycles. The third kappa shape index (κ3) is 3.05. The fraction of sp³-hybridized carbons (Fsp3) is 0.250. The Hall–Kier alpha value is -2.95. The molecule has 0 aliphatic carbocycles. The molecule has 3 rings (SSSR count). The first kappa shape index (κ1) is 16.9. The maximum absolute atomic E-state index is 12.8. The zero-order chi connectivity index (χ0) is 18.2. The number of Topliss-reactive ketones (excluding diaryl/α,β-unsaturated/α-hetero) is 1. The molecular weight excluding hydrogens is 316 g/mol. The lowest BCUT2D eigenvalue weighted by Gasteiger charge is -2.22. The van der Waals surface area contributed by atoms with Crippen LogP contribution >= 0.6 is 0 Å². The normalized spacial score (nSPS) is 19.9. The number of hydrogen-bond donors (Lipinski definition) is 1. The van der Waals surface area contributed by atoms with Crippen LogP contribution in [0, 0.1) is 13.8 Å². The van der Waals surface area contributed by atoms with E-state index in [9.17, 15) is 14.4 Å². The summed E-state index contributed by atoms with van der Waals surface area (Å²) in [6.45, 7) is 5.27. The largest absolute Gasteiger partial charge is 0.325 e. The minimum absolute atomic E-state index is 0.267. The standard InChI is InChI=1S/C20H20N2O3/c1-13-4-8-15(9-5-13)17(23)12-22-18(24)20(3,21-19(22)25)16-10-6-14(2)7-11-16/h4-11H,12H2,1-3H3,(H,21,25). The second-order valence-corrected chi connectivity index (χ2v) is 6.60. The molecule has 2 aromatic rings. The van der Waals surface area contributed by atoms with Crippen LogP contribution < -0.4 is 5.32 Å². The summed E-state index contributed by atoms with van der Waals surface area (Å²) in [5.41, 5.74) is 2.13. The average molecular weight is 336 g/mol. The average Bonchev–Trinajstić information content (AvgIpc) is 2.80. The highest BCUT2D eigenvalue weighted by atomic mass is 16.2. The summed E-state index contributed by atoms with van der Waals surface area (Å²) >= 11 is 0. The molecule has 25 heavy (non-hydrogen) atoms. The number of nitrogens with zero attached hydrogens (tertiary/aromatic N) is 1. The molecule has 5 heteroatoms. The van der Waals surface area contributed by atoms with Crippen LogP contribution in [0.25, 0.3) is 0 Å². The molecule has 1 fully saturated rings. The lowest BCUT2D eigenvalue weighted by molar-refractivity contribution is -0.130. The molecule has 0 radical (unpaired) electrons. The maximum Gasteiger partial charge on any atom is 0.325 e. The zero-order valence-corrected chi connectivity index (χ0v) is 14.5. The van der Waals surface area contributed by atoms with E-state index < -0.39 is 17.5 Å². The van der Waals surface area contributed by atoms with E-state index >= 15 is 0 Å². The van der Waals surface area contributed by atoms with Crippen molar-refractivity contribution in [3.05, 3.63) is 70.8 Å². The second-order valence-electron chi connectivity index (χ2n) is 6.60. The number of urea groups is 1. The highest BCUT2D eigenvalue weighted by molar-refractivity contribution is 6.11. The number of benzene rings is 2. The fourth-order valence-electron chi connectivity index (χ4n) is 2.90. The van der Waals surface area contributed by atoms with Crippen molar-refractivity contribution in [2.75, 3.05) is 6.54 Å². The highest BCUT2D eigenvalue weighted by Crippen LogP contribution is 2.29. The molecule has 0 spiro atoms. The molecule has 1 atom stereocenters. The molecule has 0 aromatic heterocycles. The molecule has 1 aliphatic heterocycles.